The topological polar surface area (TPSA) is 52.9 Å². The number of carbonyl (C=O) groups excluding carboxylic acids is 1. The molecule has 0 aromatic heterocycles. The smallest absolute Gasteiger partial charge is 0.237 e. The lowest BCUT2D eigenvalue weighted by molar-refractivity contribution is -0.123. The Kier molecular flexibility index (Phi) is 5.22. The summed E-state index contributed by atoms with van der Waals surface area (Å²) in [4.78, 5) is 11.7. The number of nitrogens with one attached hydrogen (secondary N) is 1. The zero-order valence-electron chi connectivity index (χ0n) is 10.4. The van der Waals surface area contributed by atoms with Crippen molar-refractivity contribution >= 4 is 5.91 Å². The highest BCUT2D eigenvalue weighted by Crippen LogP contribution is 2.13. The summed E-state index contributed by atoms with van der Waals surface area (Å²) in [6.45, 7) is 4.61. The molecule has 0 saturated heterocycles. The van der Waals surface area contributed by atoms with Gasteiger partial charge in [0, 0.05) is 6.54 Å². The second-order valence-electron chi connectivity index (χ2n) is 4.10. The molecular weight excluding hydrogens is 212 g/mol. The molecule has 90 valence electrons. The zero-order valence-corrected chi connectivity index (χ0v) is 10.4. The van der Waals surface area contributed by atoms with Crippen LogP contribution in [0.3, 0.4) is 0 Å². The summed E-state index contributed by atoms with van der Waals surface area (Å²) in [7, 11) is 0. The van der Waals surface area contributed by atoms with Gasteiger partial charge in [0.1, 0.15) is 5.92 Å². The number of aryl methyl sites for hydroxylation is 1. The normalized spacial score (nSPS) is 11.6. The van der Waals surface area contributed by atoms with Crippen molar-refractivity contribution in [2.75, 3.05) is 6.54 Å². The SMILES string of the molecule is CCCNC(=O)C(C#N)Cc1ccccc1C. The molecule has 1 amide bonds. The van der Waals surface area contributed by atoms with Crippen LogP contribution in [-0.4, -0.2) is 12.5 Å². The first-order valence-electron chi connectivity index (χ1n) is 5.90. The van der Waals surface area contributed by atoms with Gasteiger partial charge in [-0.05, 0) is 30.9 Å². The Morgan fingerprint density at radius 1 is 1.47 bits per heavy atom. The quantitative estimate of drug-likeness (QED) is 0.843. The minimum Gasteiger partial charge on any atom is -0.355 e. The number of hydrogen-bond donors (Lipinski definition) is 1. The largest absolute Gasteiger partial charge is 0.355 e. The summed E-state index contributed by atoms with van der Waals surface area (Å²) >= 11 is 0. The molecule has 0 heterocycles. The zero-order chi connectivity index (χ0) is 12.7. The lowest BCUT2D eigenvalue weighted by atomic mass is 9.96. The fourth-order valence-electron chi connectivity index (χ4n) is 1.63. The predicted molar refractivity (Wildman–Crippen MR) is 67.3 cm³/mol. The maximum Gasteiger partial charge on any atom is 0.237 e. The molecule has 0 bridgehead atoms. The fraction of sp³-hybridized carbons (Fsp3) is 0.429. The first-order valence-corrected chi connectivity index (χ1v) is 5.90. The third kappa shape index (κ3) is 3.92. The van der Waals surface area contributed by atoms with Crippen molar-refractivity contribution in [2.24, 2.45) is 5.92 Å². The Balaban J connectivity index is 2.68. The first kappa shape index (κ1) is 13.2. The van der Waals surface area contributed by atoms with Gasteiger partial charge < -0.3 is 5.32 Å². The van der Waals surface area contributed by atoms with Gasteiger partial charge in [-0.2, -0.15) is 5.26 Å². The van der Waals surface area contributed by atoms with Crippen LogP contribution in [-0.2, 0) is 11.2 Å². The molecule has 0 aliphatic heterocycles. The van der Waals surface area contributed by atoms with Crippen LogP contribution in [0, 0.1) is 24.2 Å². The van der Waals surface area contributed by atoms with E-state index in [-0.39, 0.29) is 5.91 Å². The Morgan fingerprint density at radius 3 is 2.76 bits per heavy atom. The van der Waals surface area contributed by atoms with E-state index in [1.165, 1.54) is 0 Å². The van der Waals surface area contributed by atoms with Gasteiger partial charge in [-0.15, -0.1) is 0 Å². The molecule has 0 aliphatic rings. The van der Waals surface area contributed by atoms with Crippen LogP contribution < -0.4 is 5.32 Å². The van der Waals surface area contributed by atoms with Gasteiger partial charge in [0.05, 0.1) is 6.07 Å². The van der Waals surface area contributed by atoms with Crippen molar-refractivity contribution < 1.29 is 4.79 Å². The van der Waals surface area contributed by atoms with E-state index in [9.17, 15) is 4.79 Å². The fourth-order valence-corrected chi connectivity index (χ4v) is 1.63. The molecule has 1 unspecified atom stereocenters. The van der Waals surface area contributed by atoms with Gasteiger partial charge in [-0.1, -0.05) is 31.2 Å². The minimum atomic E-state index is -0.595. The molecule has 1 atom stereocenters. The van der Waals surface area contributed by atoms with Crippen LogP contribution in [0.25, 0.3) is 0 Å². The number of amides is 1. The van der Waals surface area contributed by atoms with Gasteiger partial charge >= 0.3 is 0 Å². The number of hydrogen-bond acceptors (Lipinski definition) is 2. The van der Waals surface area contributed by atoms with Crippen molar-refractivity contribution in [1.29, 1.82) is 5.26 Å². The number of benzene rings is 1. The maximum absolute atomic E-state index is 11.7. The monoisotopic (exact) mass is 230 g/mol. The number of nitriles is 1. The Labute approximate surface area is 102 Å². The average molecular weight is 230 g/mol. The Hall–Kier alpha value is -1.82. The highest BCUT2D eigenvalue weighted by molar-refractivity contribution is 5.81. The predicted octanol–water partition coefficient (Wildman–Crippen LogP) is 2.20. The summed E-state index contributed by atoms with van der Waals surface area (Å²) in [6.07, 6.45) is 1.37. The van der Waals surface area contributed by atoms with Gasteiger partial charge in [-0.25, -0.2) is 0 Å². The van der Waals surface area contributed by atoms with E-state index >= 15 is 0 Å². The summed E-state index contributed by atoms with van der Waals surface area (Å²) in [5.41, 5.74) is 2.18. The van der Waals surface area contributed by atoms with Gasteiger partial charge in [0.25, 0.3) is 0 Å². The standard InChI is InChI=1S/C14H18N2O/c1-3-8-16-14(17)13(10-15)9-12-7-5-4-6-11(12)2/h4-7,13H,3,8-9H2,1-2H3,(H,16,17). The number of nitrogens with zero attached hydrogens (tertiary/aromatic N) is 1. The summed E-state index contributed by atoms with van der Waals surface area (Å²) in [5.74, 6) is -0.764. The number of carbonyl (C=O) groups is 1. The van der Waals surface area contributed by atoms with E-state index in [2.05, 4.69) is 11.4 Å². The van der Waals surface area contributed by atoms with Crippen LogP contribution in [0.1, 0.15) is 24.5 Å². The molecular formula is C14H18N2O. The summed E-state index contributed by atoms with van der Waals surface area (Å²) in [5, 5.41) is 11.8. The van der Waals surface area contributed by atoms with E-state index in [0.29, 0.717) is 13.0 Å². The second-order valence-corrected chi connectivity index (χ2v) is 4.10. The third-order valence-corrected chi connectivity index (χ3v) is 2.71. The highest BCUT2D eigenvalue weighted by Gasteiger charge is 2.18. The molecule has 1 rings (SSSR count). The average Bonchev–Trinajstić information content (AvgIpc) is 2.35. The lowest BCUT2D eigenvalue weighted by Gasteiger charge is -2.11. The van der Waals surface area contributed by atoms with Crippen molar-refractivity contribution in [3.05, 3.63) is 35.4 Å². The third-order valence-electron chi connectivity index (χ3n) is 2.71. The van der Waals surface area contributed by atoms with Crippen molar-refractivity contribution in [3.63, 3.8) is 0 Å². The molecule has 0 spiro atoms. The molecule has 3 nitrogen and oxygen atoms in total. The minimum absolute atomic E-state index is 0.169. The molecule has 0 radical (unpaired) electrons. The van der Waals surface area contributed by atoms with Crippen LogP contribution in [0.15, 0.2) is 24.3 Å². The molecule has 3 heteroatoms. The van der Waals surface area contributed by atoms with Crippen LogP contribution >= 0.6 is 0 Å². The van der Waals surface area contributed by atoms with Crippen LogP contribution in [0.2, 0.25) is 0 Å². The Morgan fingerprint density at radius 2 is 2.18 bits per heavy atom. The van der Waals surface area contributed by atoms with E-state index < -0.39 is 5.92 Å². The maximum atomic E-state index is 11.7. The second kappa shape index (κ2) is 6.70. The molecule has 1 aromatic rings. The van der Waals surface area contributed by atoms with E-state index in [4.69, 9.17) is 5.26 Å². The van der Waals surface area contributed by atoms with Crippen LogP contribution in [0.5, 0.6) is 0 Å². The first-order chi connectivity index (χ1) is 8.19. The molecule has 0 aliphatic carbocycles. The van der Waals surface area contributed by atoms with Gasteiger partial charge in [-0.3, -0.25) is 4.79 Å². The summed E-state index contributed by atoms with van der Waals surface area (Å²) in [6, 6.07) is 9.92. The molecule has 1 N–H and O–H groups in total. The lowest BCUT2D eigenvalue weighted by Crippen LogP contribution is -2.31. The molecule has 1 aromatic carbocycles. The van der Waals surface area contributed by atoms with Gasteiger partial charge in [0.2, 0.25) is 5.91 Å². The number of rotatable bonds is 5. The highest BCUT2D eigenvalue weighted by atomic mass is 16.1. The Bertz CT molecular complexity index is 420. The molecule has 17 heavy (non-hydrogen) atoms. The van der Waals surface area contributed by atoms with Crippen molar-refractivity contribution in [2.45, 2.75) is 26.7 Å². The molecule has 0 saturated carbocycles. The van der Waals surface area contributed by atoms with E-state index in [1.807, 2.05) is 38.1 Å². The van der Waals surface area contributed by atoms with Crippen molar-refractivity contribution in [1.82, 2.24) is 5.32 Å². The molecule has 0 fully saturated rings. The van der Waals surface area contributed by atoms with Gasteiger partial charge in [0.15, 0.2) is 0 Å². The summed E-state index contributed by atoms with van der Waals surface area (Å²) < 4.78 is 0. The van der Waals surface area contributed by atoms with Crippen LogP contribution in [0.4, 0.5) is 0 Å². The van der Waals surface area contributed by atoms with E-state index in [1.54, 1.807) is 0 Å². The van der Waals surface area contributed by atoms with Crippen molar-refractivity contribution in [3.8, 4) is 6.07 Å². The van der Waals surface area contributed by atoms with E-state index in [0.717, 1.165) is 17.5 Å².